The number of halogens is 1. The summed E-state index contributed by atoms with van der Waals surface area (Å²) in [4.78, 5) is 8.73. The molecule has 0 radical (unpaired) electrons. The molecule has 2 heterocycles. The predicted molar refractivity (Wildman–Crippen MR) is 83.8 cm³/mol. The molecule has 0 saturated heterocycles. The van der Waals surface area contributed by atoms with Gasteiger partial charge in [0.25, 0.3) is 0 Å². The molecule has 0 amide bonds. The Balaban J connectivity index is 2.23. The van der Waals surface area contributed by atoms with E-state index in [0.717, 1.165) is 28.1 Å². The maximum absolute atomic E-state index is 6.30. The summed E-state index contributed by atoms with van der Waals surface area (Å²) < 4.78 is 7.28. The zero-order valence-electron chi connectivity index (χ0n) is 12.0. The van der Waals surface area contributed by atoms with E-state index in [-0.39, 0.29) is 5.38 Å². The van der Waals surface area contributed by atoms with Crippen LogP contribution < -0.4 is 0 Å². The standard InChI is InChI=1S/C16H16ClN3O/c1-11(17)16-19-14-9-18-7-6-15(14)20(16)13-5-3-4-12(8-13)10-21-2/h3-9,11H,10H2,1-2H3. The summed E-state index contributed by atoms with van der Waals surface area (Å²) in [6.45, 7) is 2.50. The molecule has 21 heavy (non-hydrogen) atoms. The normalized spacial score (nSPS) is 12.7. The van der Waals surface area contributed by atoms with Crippen molar-refractivity contribution in [3.63, 3.8) is 0 Å². The third kappa shape index (κ3) is 2.64. The fourth-order valence-electron chi connectivity index (χ4n) is 2.44. The minimum Gasteiger partial charge on any atom is -0.380 e. The molecular weight excluding hydrogens is 286 g/mol. The van der Waals surface area contributed by atoms with Crippen LogP contribution in [0.25, 0.3) is 16.7 Å². The molecule has 0 aliphatic heterocycles. The zero-order valence-corrected chi connectivity index (χ0v) is 12.7. The van der Waals surface area contributed by atoms with Gasteiger partial charge in [-0.25, -0.2) is 4.98 Å². The molecule has 108 valence electrons. The highest BCUT2D eigenvalue weighted by Gasteiger charge is 2.16. The van der Waals surface area contributed by atoms with Crippen LogP contribution in [0.1, 0.15) is 23.7 Å². The number of aromatic nitrogens is 3. The average Bonchev–Trinajstić information content (AvgIpc) is 2.87. The molecule has 0 spiro atoms. The fraction of sp³-hybridized carbons (Fsp3) is 0.250. The molecule has 0 aliphatic carbocycles. The van der Waals surface area contributed by atoms with Crippen molar-refractivity contribution >= 4 is 22.6 Å². The lowest BCUT2D eigenvalue weighted by Gasteiger charge is -2.12. The SMILES string of the molecule is COCc1cccc(-n2c(C(C)Cl)nc3cnccc32)c1. The van der Waals surface area contributed by atoms with E-state index in [4.69, 9.17) is 16.3 Å². The Labute approximate surface area is 128 Å². The molecule has 5 heteroatoms. The smallest absolute Gasteiger partial charge is 0.132 e. The van der Waals surface area contributed by atoms with E-state index in [0.29, 0.717) is 6.61 Å². The van der Waals surface area contributed by atoms with Gasteiger partial charge in [0.1, 0.15) is 11.3 Å². The van der Waals surface area contributed by atoms with Crippen LogP contribution in [0.3, 0.4) is 0 Å². The number of methoxy groups -OCH3 is 1. The lowest BCUT2D eigenvalue weighted by molar-refractivity contribution is 0.185. The van der Waals surface area contributed by atoms with E-state index in [1.807, 2.05) is 31.2 Å². The molecule has 0 saturated carbocycles. The second-order valence-corrected chi connectivity index (χ2v) is 5.54. The molecule has 1 unspecified atom stereocenters. The van der Waals surface area contributed by atoms with Gasteiger partial charge in [0.2, 0.25) is 0 Å². The molecule has 3 rings (SSSR count). The summed E-state index contributed by atoms with van der Waals surface area (Å²) in [6.07, 6.45) is 3.52. The number of ether oxygens (including phenoxy) is 1. The number of benzene rings is 1. The van der Waals surface area contributed by atoms with E-state index < -0.39 is 0 Å². The van der Waals surface area contributed by atoms with E-state index in [1.54, 1.807) is 19.5 Å². The summed E-state index contributed by atoms with van der Waals surface area (Å²) in [5, 5.41) is -0.191. The molecule has 4 nitrogen and oxygen atoms in total. The van der Waals surface area contributed by atoms with E-state index in [9.17, 15) is 0 Å². The second-order valence-electron chi connectivity index (χ2n) is 4.89. The van der Waals surface area contributed by atoms with Gasteiger partial charge in [-0.15, -0.1) is 11.6 Å². The summed E-state index contributed by atoms with van der Waals surface area (Å²) in [6, 6.07) is 10.1. The number of hydrogen-bond donors (Lipinski definition) is 0. The van der Waals surface area contributed by atoms with Gasteiger partial charge in [-0.1, -0.05) is 12.1 Å². The third-order valence-electron chi connectivity index (χ3n) is 3.32. The summed E-state index contributed by atoms with van der Waals surface area (Å²) >= 11 is 6.30. The Morgan fingerprint density at radius 1 is 1.33 bits per heavy atom. The van der Waals surface area contributed by atoms with Gasteiger partial charge < -0.3 is 4.74 Å². The number of alkyl halides is 1. The highest BCUT2D eigenvalue weighted by atomic mass is 35.5. The van der Waals surface area contributed by atoms with Crippen LogP contribution >= 0.6 is 11.6 Å². The molecule has 1 atom stereocenters. The first-order valence-electron chi connectivity index (χ1n) is 6.75. The number of nitrogens with zero attached hydrogens (tertiary/aromatic N) is 3. The number of fused-ring (bicyclic) bond motifs is 1. The van der Waals surface area contributed by atoms with Crippen LogP contribution in [0.15, 0.2) is 42.7 Å². The second kappa shape index (κ2) is 5.84. The van der Waals surface area contributed by atoms with Crippen molar-refractivity contribution in [1.29, 1.82) is 0 Å². The monoisotopic (exact) mass is 301 g/mol. The van der Waals surface area contributed by atoms with Crippen LogP contribution in [0.2, 0.25) is 0 Å². The number of imidazole rings is 1. The van der Waals surface area contributed by atoms with E-state index in [1.165, 1.54) is 0 Å². The molecule has 3 aromatic rings. The van der Waals surface area contributed by atoms with Crippen molar-refractivity contribution in [3.05, 3.63) is 54.1 Å². The maximum Gasteiger partial charge on any atom is 0.132 e. The Hall–Kier alpha value is -1.91. The minimum absolute atomic E-state index is 0.191. The van der Waals surface area contributed by atoms with Gasteiger partial charge in [-0.2, -0.15) is 0 Å². The molecular formula is C16H16ClN3O. The highest BCUT2D eigenvalue weighted by Crippen LogP contribution is 2.28. The first-order chi connectivity index (χ1) is 10.2. The Kier molecular flexibility index (Phi) is 3.90. The third-order valence-corrected chi connectivity index (χ3v) is 3.51. The Morgan fingerprint density at radius 3 is 2.95 bits per heavy atom. The van der Waals surface area contributed by atoms with Crippen LogP contribution in [0.5, 0.6) is 0 Å². The molecule has 2 aromatic heterocycles. The summed E-state index contributed by atoms with van der Waals surface area (Å²) in [5.74, 6) is 0.814. The van der Waals surface area contributed by atoms with Gasteiger partial charge >= 0.3 is 0 Å². The number of rotatable bonds is 4. The Bertz CT molecular complexity index is 767. The quantitative estimate of drug-likeness (QED) is 0.687. The van der Waals surface area contributed by atoms with Gasteiger partial charge in [0, 0.05) is 19.0 Å². The molecule has 0 bridgehead atoms. The summed E-state index contributed by atoms with van der Waals surface area (Å²) in [7, 11) is 1.69. The first-order valence-corrected chi connectivity index (χ1v) is 7.19. The van der Waals surface area contributed by atoms with Crippen molar-refractivity contribution in [3.8, 4) is 5.69 Å². The van der Waals surface area contributed by atoms with Gasteiger partial charge in [-0.05, 0) is 30.7 Å². The van der Waals surface area contributed by atoms with E-state index >= 15 is 0 Å². The number of pyridine rings is 1. The first kappa shape index (κ1) is 14.0. The lowest BCUT2D eigenvalue weighted by Crippen LogP contribution is -2.02. The van der Waals surface area contributed by atoms with Crippen LogP contribution in [-0.4, -0.2) is 21.6 Å². The van der Waals surface area contributed by atoms with Crippen molar-refractivity contribution in [2.24, 2.45) is 0 Å². The Morgan fingerprint density at radius 2 is 2.19 bits per heavy atom. The average molecular weight is 302 g/mol. The van der Waals surface area contributed by atoms with Gasteiger partial charge in [0.15, 0.2) is 0 Å². The molecule has 1 aromatic carbocycles. The lowest BCUT2D eigenvalue weighted by atomic mass is 10.2. The molecule has 0 aliphatic rings. The largest absolute Gasteiger partial charge is 0.380 e. The number of hydrogen-bond acceptors (Lipinski definition) is 3. The predicted octanol–water partition coefficient (Wildman–Crippen LogP) is 3.87. The summed E-state index contributed by atoms with van der Waals surface area (Å²) in [5.41, 5.74) is 3.99. The van der Waals surface area contributed by atoms with Crippen molar-refractivity contribution in [1.82, 2.24) is 14.5 Å². The minimum atomic E-state index is -0.191. The highest BCUT2D eigenvalue weighted by molar-refractivity contribution is 6.20. The molecule has 0 fully saturated rings. The molecule has 0 N–H and O–H groups in total. The van der Waals surface area contributed by atoms with Crippen LogP contribution in [0.4, 0.5) is 0 Å². The fourth-order valence-corrected chi connectivity index (χ4v) is 2.59. The van der Waals surface area contributed by atoms with Crippen LogP contribution in [-0.2, 0) is 11.3 Å². The zero-order chi connectivity index (χ0) is 14.8. The topological polar surface area (TPSA) is 39.9 Å². The van der Waals surface area contributed by atoms with Crippen molar-refractivity contribution in [2.75, 3.05) is 7.11 Å². The van der Waals surface area contributed by atoms with Gasteiger partial charge in [0.05, 0.1) is 23.7 Å². The van der Waals surface area contributed by atoms with Gasteiger partial charge in [-0.3, -0.25) is 9.55 Å². The maximum atomic E-state index is 6.30. The van der Waals surface area contributed by atoms with E-state index in [2.05, 4.69) is 20.6 Å². The van der Waals surface area contributed by atoms with Crippen LogP contribution in [0, 0.1) is 0 Å². The van der Waals surface area contributed by atoms with Crippen molar-refractivity contribution in [2.45, 2.75) is 18.9 Å². The van der Waals surface area contributed by atoms with Crippen molar-refractivity contribution < 1.29 is 4.74 Å².